The van der Waals surface area contributed by atoms with Crippen LogP contribution in [0.4, 0.5) is 0 Å². The maximum Gasteiger partial charge on any atom is 0.305 e. The summed E-state index contributed by atoms with van der Waals surface area (Å²) in [5.74, 6) is 0.233. The monoisotopic (exact) mass is 329 g/mol. The van der Waals surface area contributed by atoms with Crippen LogP contribution in [0.3, 0.4) is 0 Å². The van der Waals surface area contributed by atoms with Crippen LogP contribution in [-0.2, 0) is 16.6 Å². The van der Waals surface area contributed by atoms with Crippen molar-refractivity contribution in [3.8, 4) is 5.88 Å². The smallest absolute Gasteiger partial charge is 0.305 e. The number of carbonyl (C=O) groups excluding carboxylic acids is 1. The number of carbonyl (C=O) groups is 1. The number of aryl methyl sites for hydroxylation is 1. The third-order valence-corrected chi connectivity index (χ3v) is 3.77. The van der Waals surface area contributed by atoms with E-state index in [9.17, 15) is 9.59 Å². The SMILES string of the molecule is CCOC(=O)CCCOc1ccc2c(n1)n1cccc1c(=O)n2C. The molecule has 0 aromatic carbocycles. The highest BCUT2D eigenvalue weighted by molar-refractivity contribution is 5.75. The van der Waals surface area contributed by atoms with Crippen LogP contribution in [0.2, 0.25) is 0 Å². The lowest BCUT2D eigenvalue weighted by atomic mass is 10.3. The molecule has 24 heavy (non-hydrogen) atoms. The highest BCUT2D eigenvalue weighted by atomic mass is 16.5. The van der Waals surface area contributed by atoms with E-state index in [4.69, 9.17) is 9.47 Å². The fourth-order valence-electron chi connectivity index (χ4n) is 2.59. The van der Waals surface area contributed by atoms with E-state index < -0.39 is 0 Å². The highest BCUT2D eigenvalue weighted by Gasteiger charge is 2.10. The fourth-order valence-corrected chi connectivity index (χ4v) is 2.59. The Kier molecular flexibility index (Phi) is 4.50. The number of ether oxygens (including phenoxy) is 2. The second-order valence-electron chi connectivity index (χ2n) is 5.38. The molecule has 0 saturated carbocycles. The van der Waals surface area contributed by atoms with Gasteiger partial charge in [0.05, 0.1) is 18.7 Å². The molecule has 7 heteroatoms. The van der Waals surface area contributed by atoms with Gasteiger partial charge in [0.15, 0.2) is 5.65 Å². The summed E-state index contributed by atoms with van der Waals surface area (Å²) in [6.45, 7) is 2.54. The molecule has 126 valence electrons. The largest absolute Gasteiger partial charge is 0.478 e. The van der Waals surface area contributed by atoms with Crippen LogP contribution in [0.15, 0.2) is 35.3 Å². The summed E-state index contributed by atoms with van der Waals surface area (Å²) in [6.07, 6.45) is 2.68. The number of aromatic nitrogens is 3. The van der Waals surface area contributed by atoms with E-state index in [1.165, 1.54) is 0 Å². The van der Waals surface area contributed by atoms with Gasteiger partial charge in [-0.15, -0.1) is 0 Å². The van der Waals surface area contributed by atoms with E-state index in [2.05, 4.69) is 4.98 Å². The zero-order chi connectivity index (χ0) is 17.1. The van der Waals surface area contributed by atoms with Gasteiger partial charge in [-0.25, -0.2) is 0 Å². The van der Waals surface area contributed by atoms with Crippen molar-refractivity contribution in [2.75, 3.05) is 13.2 Å². The van der Waals surface area contributed by atoms with Crippen molar-refractivity contribution < 1.29 is 14.3 Å². The van der Waals surface area contributed by atoms with Gasteiger partial charge in [0.25, 0.3) is 5.56 Å². The summed E-state index contributed by atoms with van der Waals surface area (Å²) in [5.41, 5.74) is 1.87. The number of hydrogen-bond acceptors (Lipinski definition) is 5. The second kappa shape index (κ2) is 6.74. The number of rotatable bonds is 6. The minimum atomic E-state index is -0.225. The molecule has 0 fully saturated rings. The number of hydrogen-bond donors (Lipinski definition) is 0. The lowest BCUT2D eigenvalue weighted by molar-refractivity contribution is -0.143. The van der Waals surface area contributed by atoms with Gasteiger partial charge in [0.1, 0.15) is 5.52 Å². The summed E-state index contributed by atoms with van der Waals surface area (Å²) in [5, 5.41) is 0. The van der Waals surface area contributed by atoms with Crippen LogP contribution >= 0.6 is 0 Å². The first-order valence-electron chi connectivity index (χ1n) is 7.87. The standard InChI is InChI=1S/C17H19N3O4/c1-3-23-15(21)7-5-11-24-14-9-8-12-16(18-14)20-10-4-6-13(20)17(22)19(12)2/h4,6,8-10H,3,5,7,11H2,1-2H3. The molecule has 3 rings (SSSR count). The van der Waals surface area contributed by atoms with E-state index in [1.807, 2.05) is 12.1 Å². The van der Waals surface area contributed by atoms with Crippen LogP contribution in [0, 0.1) is 0 Å². The molecule has 0 unspecified atom stereocenters. The van der Waals surface area contributed by atoms with Gasteiger partial charge >= 0.3 is 5.97 Å². The molecule has 3 heterocycles. The van der Waals surface area contributed by atoms with Crippen LogP contribution in [-0.4, -0.2) is 33.1 Å². The molecule has 0 N–H and O–H groups in total. The molecular weight excluding hydrogens is 310 g/mol. The van der Waals surface area contributed by atoms with Crippen LogP contribution < -0.4 is 10.3 Å². The Bertz CT molecular complexity index is 942. The predicted octanol–water partition coefficient (Wildman–Crippen LogP) is 1.91. The Labute approximate surface area is 138 Å². The van der Waals surface area contributed by atoms with Crippen molar-refractivity contribution in [3.05, 3.63) is 40.8 Å². The van der Waals surface area contributed by atoms with Gasteiger partial charge in [-0.2, -0.15) is 4.98 Å². The van der Waals surface area contributed by atoms with Crippen molar-refractivity contribution in [1.82, 2.24) is 14.0 Å². The van der Waals surface area contributed by atoms with Crippen molar-refractivity contribution in [1.29, 1.82) is 0 Å². The average Bonchev–Trinajstić information content (AvgIpc) is 3.07. The fraction of sp³-hybridized carbons (Fsp3) is 0.353. The van der Waals surface area contributed by atoms with Crippen molar-refractivity contribution in [3.63, 3.8) is 0 Å². The molecule has 7 nitrogen and oxygen atoms in total. The summed E-state index contributed by atoms with van der Waals surface area (Å²) in [7, 11) is 1.72. The highest BCUT2D eigenvalue weighted by Crippen LogP contribution is 2.17. The molecule has 0 aliphatic heterocycles. The quantitative estimate of drug-likeness (QED) is 0.510. The third kappa shape index (κ3) is 2.97. The Morgan fingerprint density at radius 2 is 2.08 bits per heavy atom. The lowest BCUT2D eigenvalue weighted by Crippen LogP contribution is -2.20. The normalized spacial score (nSPS) is 11.1. The summed E-state index contributed by atoms with van der Waals surface area (Å²) < 4.78 is 13.8. The zero-order valence-electron chi connectivity index (χ0n) is 13.7. The maximum absolute atomic E-state index is 12.3. The Hall–Kier alpha value is -2.83. The van der Waals surface area contributed by atoms with E-state index in [-0.39, 0.29) is 11.5 Å². The van der Waals surface area contributed by atoms with E-state index in [1.54, 1.807) is 41.3 Å². The summed E-state index contributed by atoms with van der Waals surface area (Å²) in [4.78, 5) is 28.0. The van der Waals surface area contributed by atoms with E-state index >= 15 is 0 Å². The summed E-state index contributed by atoms with van der Waals surface area (Å²) in [6, 6.07) is 7.10. The van der Waals surface area contributed by atoms with Crippen LogP contribution in [0.1, 0.15) is 19.8 Å². The topological polar surface area (TPSA) is 74.8 Å². The average molecular weight is 329 g/mol. The second-order valence-corrected chi connectivity index (χ2v) is 5.38. The first-order chi connectivity index (χ1) is 11.6. The Balaban J connectivity index is 1.80. The first kappa shape index (κ1) is 16.0. The molecule has 0 atom stereocenters. The number of pyridine rings is 1. The van der Waals surface area contributed by atoms with Gasteiger partial charge in [0, 0.05) is 25.7 Å². The lowest BCUT2D eigenvalue weighted by Gasteiger charge is -2.10. The van der Waals surface area contributed by atoms with Crippen LogP contribution in [0.25, 0.3) is 16.7 Å². The molecule has 0 aliphatic rings. The first-order valence-corrected chi connectivity index (χ1v) is 7.87. The third-order valence-electron chi connectivity index (χ3n) is 3.77. The molecule has 0 amide bonds. The van der Waals surface area contributed by atoms with E-state index in [0.29, 0.717) is 43.1 Å². The van der Waals surface area contributed by atoms with Gasteiger partial charge in [-0.3, -0.25) is 14.0 Å². The van der Waals surface area contributed by atoms with Crippen molar-refractivity contribution >= 4 is 22.6 Å². The maximum atomic E-state index is 12.3. The number of fused-ring (bicyclic) bond motifs is 3. The molecular formula is C17H19N3O4. The summed E-state index contributed by atoms with van der Waals surface area (Å²) >= 11 is 0. The Morgan fingerprint density at radius 1 is 1.25 bits per heavy atom. The molecule has 3 aromatic rings. The van der Waals surface area contributed by atoms with Gasteiger partial charge in [-0.1, -0.05) is 0 Å². The number of nitrogens with zero attached hydrogens (tertiary/aromatic N) is 3. The minimum Gasteiger partial charge on any atom is -0.478 e. The van der Waals surface area contributed by atoms with Crippen LogP contribution in [0.5, 0.6) is 5.88 Å². The van der Waals surface area contributed by atoms with E-state index in [0.717, 1.165) is 5.52 Å². The van der Waals surface area contributed by atoms with Crippen molar-refractivity contribution in [2.24, 2.45) is 7.05 Å². The zero-order valence-corrected chi connectivity index (χ0v) is 13.7. The minimum absolute atomic E-state index is 0.0718. The molecule has 3 aromatic heterocycles. The van der Waals surface area contributed by atoms with Gasteiger partial charge in [0.2, 0.25) is 5.88 Å². The molecule has 0 aliphatic carbocycles. The predicted molar refractivity (Wildman–Crippen MR) is 89.3 cm³/mol. The molecule has 0 bridgehead atoms. The Morgan fingerprint density at radius 3 is 2.88 bits per heavy atom. The van der Waals surface area contributed by atoms with Crippen molar-refractivity contribution in [2.45, 2.75) is 19.8 Å². The molecule has 0 radical (unpaired) electrons. The molecule has 0 saturated heterocycles. The number of esters is 1. The van der Waals surface area contributed by atoms with Gasteiger partial charge < -0.3 is 14.0 Å². The molecule has 0 spiro atoms. The van der Waals surface area contributed by atoms with Gasteiger partial charge in [-0.05, 0) is 31.5 Å².